The third kappa shape index (κ3) is 4.20. The van der Waals surface area contributed by atoms with Crippen molar-refractivity contribution >= 4 is 5.91 Å². The third-order valence-corrected chi connectivity index (χ3v) is 3.53. The summed E-state index contributed by atoms with van der Waals surface area (Å²) in [5.41, 5.74) is 0. The number of carbonyl (C=O) groups is 1. The van der Waals surface area contributed by atoms with Crippen LogP contribution in [-0.2, 0) is 4.79 Å². The summed E-state index contributed by atoms with van der Waals surface area (Å²) >= 11 is 0. The second-order valence-corrected chi connectivity index (χ2v) is 5.11. The highest BCUT2D eigenvalue weighted by Crippen LogP contribution is 2.13. The first-order valence-corrected chi connectivity index (χ1v) is 7.01. The summed E-state index contributed by atoms with van der Waals surface area (Å²) in [7, 11) is 1.80. The minimum Gasteiger partial charge on any atom is -0.492 e. The first-order valence-electron chi connectivity index (χ1n) is 7.01. The van der Waals surface area contributed by atoms with Crippen LogP contribution in [0.2, 0.25) is 0 Å². The minimum absolute atomic E-state index is 0.0829. The number of hydrogen-bond donors (Lipinski definition) is 1. The molecule has 0 bridgehead atoms. The number of amides is 1. The fraction of sp³-hybridized carbons (Fsp3) is 0.533. The fourth-order valence-corrected chi connectivity index (χ4v) is 2.32. The van der Waals surface area contributed by atoms with Crippen molar-refractivity contribution < 1.29 is 13.9 Å². The van der Waals surface area contributed by atoms with Crippen molar-refractivity contribution in [1.29, 1.82) is 0 Å². The molecule has 0 saturated carbocycles. The van der Waals surface area contributed by atoms with Gasteiger partial charge in [-0.05, 0) is 43.7 Å². The number of ether oxygens (including phenoxy) is 1. The Morgan fingerprint density at radius 2 is 2.20 bits per heavy atom. The standard InChI is InChI=1S/C15H21FN2O2/c1-18(15(19)12-3-2-8-17-11-12)9-10-20-14-6-4-13(16)5-7-14/h4-7,12,17H,2-3,8-11H2,1H3/t12-/m1/s1. The molecule has 0 aromatic heterocycles. The molecule has 1 aliphatic heterocycles. The van der Waals surface area contributed by atoms with Crippen molar-refractivity contribution in [2.45, 2.75) is 12.8 Å². The predicted octanol–water partition coefficient (Wildman–Crippen LogP) is 1.66. The smallest absolute Gasteiger partial charge is 0.226 e. The minimum atomic E-state index is -0.283. The van der Waals surface area contributed by atoms with Gasteiger partial charge in [0.25, 0.3) is 0 Å². The molecule has 1 atom stereocenters. The molecule has 20 heavy (non-hydrogen) atoms. The van der Waals surface area contributed by atoms with Gasteiger partial charge in [-0.1, -0.05) is 0 Å². The highest BCUT2D eigenvalue weighted by molar-refractivity contribution is 5.78. The van der Waals surface area contributed by atoms with Crippen molar-refractivity contribution in [3.63, 3.8) is 0 Å². The normalized spacial score (nSPS) is 18.6. The zero-order valence-corrected chi connectivity index (χ0v) is 11.8. The lowest BCUT2D eigenvalue weighted by molar-refractivity contribution is -0.135. The summed E-state index contributed by atoms with van der Waals surface area (Å²) in [6, 6.07) is 5.89. The molecular formula is C15H21FN2O2. The fourth-order valence-electron chi connectivity index (χ4n) is 2.32. The summed E-state index contributed by atoms with van der Waals surface area (Å²) in [6.45, 7) is 2.71. The zero-order valence-electron chi connectivity index (χ0n) is 11.8. The average molecular weight is 280 g/mol. The van der Waals surface area contributed by atoms with E-state index in [9.17, 15) is 9.18 Å². The first-order chi connectivity index (χ1) is 9.66. The van der Waals surface area contributed by atoms with Crippen LogP contribution >= 0.6 is 0 Å². The van der Waals surface area contributed by atoms with Crippen LogP contribution in [0.15, 0.2) is 24.3 Å². The van der Waals surface area contributed by atoms with Gasteiger partial charge < -0.3 is 15.0 Å². The Balaban J connectivity index is 1.72. The number of halogens is 1. The van der Waals surface area contributed by atoms with Gasteiger partial charge in [-0.15, -0.1) is 0 Å². The molecule has 0 spiro atoms. The van der Waals surface area contributed by atoms with Gasteiger partial charge in [0, 0.05) is 13.6 Å². The lowest BCUT2D eigenvalue weighted by atomic mass is 9.98. The summed E-state index contributed by atoms with van der Waals surface area (Å²) in [5.74, 6) is 0.584. The summed E-state index contributed by atoms with van der Waals surface area (Å²) < 4.78 is 18.2. The molecule has 1 aromatic carbocycles. The molecule has 4 nitrogen and oxygen atoms in total. The SMILES string of the molecule is CN(CCOc1ccc(F)cc1)C(=O)[C@@H]1CCCNC1. The van der Waals surface area contributed by atoms with E-state index in [2.05, 4.69) is 5.32 Å². The summed E-state index contributed by atoms with van der Waals surface area (Å²) in [6.07, 6.45) is 2.01. The van der Waals surface area contributed by atoms with Crippen molar-refractivity contribution in [2.75, 3.05) is 33.3 Å². The van der Waals surface area contributed by atoms with E-state index >= 15 is 0 Å². The van der Waals surface area contributed by atoms with Crippen LogP contribution in [0, 0.1) is 11.7 Å². The number of nitrogens with one attached hydrogen (secondary N) is 1. The molecule has 1 amide bonds. The lowest BCUT2D eigenvalue weighted by Gasteiger charge is -2.27. The lowest BCUT2D eigenvalue weighted by Crippen LogP contribution is -2.42. The van der Waals surface area contributed by atoms with Gasteiger partial charge in [-0.2, -0.15) is 0 Å². The molecule has 0 unspecified atom stereocenters. The Morgan fingerprint density at radius 1 is 1.45 bits per heavy atom. The van der Waals surface area contributed by atoms with Gasteiger partial charge in [-0.3, -0.25) is 4.79 Å². The first kappa shape index (κ1) is 14.8. The van der Waals surface area contributed by atoms with Crippen molar-refractivity contribution in [3.8, 4) is 5.75 Å². The van der Waals surface area contributed by atoms with E-state index in [0.29, 0.717) is 18.9 Å². The van der Waals surface area contributed by atoms with Crippen LogP contribution in [0.25, 0.3) is 0 Å². The van der Waals surface area contributed by atoms with Gasteiger partial charge in [0.1, 0.15) is 18.2 Å². The molecule has 110 valence electrons. The molecular weight excluding hydrogens is 259 g/mol. The quantitative estimate of drug-likeness (QED) is 0.892. The molecule has 1 N–H and O–H groups in total. The molecule has 1 heterocycles. The van der Waals surface area contributed by atoms with Crippen LogP contribution < -0.4 is 10.1 Å². The van der Waals surface area contributed by atoms with E-state index in [1.165, 1.54) is 12.1 Å². The average Bonchev–Trinajstić information content (AvgIpc) is 2.49. The van der Waals surface area contributed by atoms with E-state index in [0.717, 1.165) is 25.9 Å². The molecule has 1 saturated heterocycles. The van der Waals surface area contributed by atoms with Crippen molar-refractivity contribution in [1.82, 2.24) is 10.2 Å². The topological polar surface area (TPSA) is 41.6 Å². The Labute approximate surface area is 118 Å². The van der Waals surface area contributed by atoms with Gasteiger partial charge in [-0.25, -0.2) is 4.39 Å². The maximum Gasteiger partial charge on any atom is 0.226 e. The molecule has 1 fully saturated rings. The second kappa shape index (κ2) is 7.24. The van der Waals surface area contributed by atoms with Crippen LogP contribution in [0.3, 0.4) is 0 Å². The molecule has 1 aromatic rings. The summed E-state index contributed by atoms with van der Waals surface area (Å²) in [4.78, 5) is 13.9. The number of piperidine rings is 1. The van der Waals surface area contributed by atoms with E-state index in [-0.39, 0.29) is 17.6 Å². The van der Waals surface area contributed by atoms with Crippen LogP contribution in [0.4, 0.5) is 4.39 Å². The largest absolute Gasteiger partial charge is 0.492 e. The number of benzene rings is 1. The van der Waals surface area contributed by atoms with Crippen molar-refractivity contribution in [2.24, 2.45) is 5.92 Å². The third-order valence-electron chi connectivity index (χ3n) is 3.53. The van der Waals surface area contributed by atoms with Crippen LogP contribution in [-0.4, -0.2) is 44.1 Å². The number of rotatable bonds is 5. The van der Waals surface area contributed by atoms with Gasteiger partial charge in [0.2, 0.25) is 5.91 Å². The zero-order chi connectivity index (χ0) is 14.4. The van der Waals surface area contributed by atoms with E-state index in [1.807, 2.05) is 0 Å². The van der Waals surface area contributed by atoms with Crippen molar-refractivity contribution in [3.05, 3.63) is 30.1 Å². The maximum atomic E-state index is 12.7. The van der Waals surface area contributed by atoms with Gasteiger partial charge in [0.05, 0.1) is 12.5 Å². The Kier molecular flexibility index (Phi) is 5.35. The maximum absolute atomic E-state index is 12.7. The highest BCUT2D eigenvalue weighted by Gasteiger charge is 2.23. The van der Waals surface area contributed by atoms with E-state index in [4.69, 9.17) is 4.74 Å². The monoisotopic (exact) mass is 280 g/mol. The highest BCUT2D eigenvalue weighted by atomic mass is 19.1. The summed E-state index contributed by atoms with van der Waals surface area (Å²) in [5, 5.41) is 3.24. The van der Waals surface area contributed by atoms with E-state index in [1.54, 1.807) is 24.1 Å². The Morgan fingerprint density at radius 3 is 2.85 bits per heavy atom. The van der Waals surface area contributed by atoms with Gasteiger partial charge >= 0.3 is 0 Å². The number of likely N-dealkylation sites (N-methyl/N-ethyl adjacent to an activating group) is 1. The number of nitrogens with zero attached hydrogens (tertiary/aromatic N) is 1. The Bertz CT molecular complexity index is 430. The molecule has 5 heteroatoms. The van der Waals surface area contributed by atoms with Crippen LogP contribution in [0.1, 0.15) is 12.8 Å². The van der Waals surface area contributed by atoms with Crippen LogP contribution in [0.5, 0.6) is 5.75 Å². The number of carbonyl (C=O) groups excluding carboxylic acids is 1. The molecule has 0 radical (unpaired) electrons. The second-order valence-electron chi connectivity index (χ2n) is 5.11. The molecule has 0 aliphatic carbocycles. The Hall–Kier alpha value is -1.62. The number of hydrogen-bond acceptors (Lipinski definition) is 3. The van der Waals surface area contributed by atoms with E-state index < -0.39 is 0 Å². The predicted molar refractivity (Wildman–Crippen MR) is 75.1 cm³/mol. The molecule has 1 aliphatic rings. The molecule has 2 rings (SSSR count). The van der Waals surface area contributed by atoms with Gasteiger partial charge in [0.15, 0.2) is 0 Å².